The molecule has 0 rings (SSSR count). The van der Waals surface area contributed by atoms with E-state index in [0.717, 1.165) is 6.42 Å². The van der Waals surface area contributed by atoms with Crippen LogP contribution in [0.2, 0.25) is 0 Å². The number of unbranched alkanes of at least 4 members (excludes halogenated alkanes) is 22. The largest absolute Gasteiger partial charge is 1.00 e. The Labute approximate surface area is 233 Å². The minimum Gasteiger partial charge on any atom is -1.00 e. The Morgan fingerprint density at radius 1 is 0.500 bits per heavy atom. The topological polar surface area (TPSA) is 26.3 Å². The number of carbonyl (C=O) groups excluding carboxylic acids is 1. The lowest BCUT2D eigenvalue weighted by Gasteiger charge is -2.30. The highest BCUT2D eigenvalue weighted by atomic mass is 35.5. The molecule has 0 bridgehead atoms. The van der Waals surface area contributed by atoms with E-state index in [2.05, 4.69) is 25.8 Å². The number of nitrogens with zero attached hydrogens (tertiary/aromatic N) is 1. The summed E-state index contributed by atoms with van der Waals surface area (Å²) in [4.78, 5) is 11.1. The summed E-state index contributed by atoms with van der Waals surface area (Å²) in [5, 5.41) is 0. The molecule has 0 spiro atoms. The Balaban J connectivity index is 0. The molecule has 0 N–H and O–H groups in total. The number of hydrogen-bond donors (Lipinski definition) is 0. The summed E-state index contributed by atoms with van der Waals surface area (Å²) in [5.74, 6) is -0.0645. The zero-order chi connectivity index (χ0) is 25.9. The van der Waals surface area contributed by atoms with Gasteiger partial charge in [-0.05, 0) is 32.1 Å². The molecule has 0 amide bonds. The van der Waals surface area contributed by atoms with Crippen molar-refractivity contribution in [3.63, 3.8) is 0 Å². The average Bonchev–Trinajstić information content (AvgIpc) is 2.84. The molecule has 0 saturated heterocycles. The number of carbonyl (C=O) groups is 1. The van der Waals surface area contributed by atoms with E-state index >= 15 is 0 Å². The highest BCUT2D eigenvalue weighted by Crippen LogP contribution is 2.15. The van der Waals surface area contributed by atoms with Gasteiger partial charge in [-0.1, -0.05) is 129 Å². The monoisotopic (exact) mass is 531 g/mol. The van der Waals surface area contributed by atoms with Crippen LogP contribution in [0.1, 0.15) is 167 Å². The molecular weight excluding hydrogens is 466 g/mol. The first-order valence-corrected chi connectivity index (χ1v) is 15.9. The zero-order valence-corrected chi connectivity index (χ0v) is 26.0. The summed E-state index contributed by atoms with van der Waals surface area (Å²) in [6.07, 6.45) is 34.0. The Morgan fingerprint density at radius 2 is 0.778 bits per heavy atom. The number of methoxy groups -OCH3 is 1. The smallest absolute Gasteiger partial charge is 0.305 e. The molecule has 36 heavy (non-hydrogen) atoms. The molecule has 0 aromatic rings. The molecule has 0 radical (unpaired) electrons. The molecule has 4 heteroatoms. The third kappa shape index (κ3) is 29.9. The van der Waals surface area contributed by atoms with Crippen LogP contribution in [0.3, 0.4) is 0 Å². The Hall–Kier alpha value is -0.280. The van der Waals surface area contributed by atoms with Gasteiger partial charge in [0.15, 0.2) is 0 Å². The van der Waals surface area contributed by atoms with Gasteiger partial charge >= 0.3 is 5.97 Å². The normalized spacial score (nSPS) is 11.4. The second kappa shape index (κ2) is 29.3. The van der Waals surface area contributed by atoms with Crippen LogP contribution in [0.25, 0.3) is 0 Å². The molecule has 0 aromatic heterocycles. The standard InChI is InChI=1S/C32H66NO2.ClH/c1-5-6-7-8-9-10-11-12-13-14-15-16-18-21-24-27-30-33(2,3)31-28-25-22-19-17-20-23-26-29-32(34)35-4;/h5-31H2,1-4H3;1H/q+1;/p-1. The minimum absolute atomic E-state index is 0. The average molecular weight is 532 g/mol. The fraction of sp³-hybridized carbons (Fsp3) is 0.969. The van der Waals surface area contributed by atoms with E-state index in [9.17, 15) is 4.79 Å². The van der Waals surface area contributed by atoms with Crippen LogP contribution >= 0.6 is 0 Å². The Morgan fingerprint density at radius 3 is 1.08 bits per heavy atom. The van der Waals surface area contributed by atoms with Crippen molar-refractivity contribution in [3.05, 3.63) is 0 Å². The zero-order valence-electron chi connectivity index (χ0n) is 25.2. The first kappa shape index (κ1) is 37.9. The van der Waals surface area contributed by atoms with Crippen LogP contribution in [-0.2, 0) is 9.53 Å². The molecule has 0 heterocycles. The summed E-state index contributed by atoms with van der Waals surface area (Å²) in [6.45, 7) is 4.98. The molecule has 0 aliphatic carbocycles. The first-order chi connectivity index (χ1) is 17.0. The van der Waals surface area contributed by atoms with E-state index in [1.54, 1.807) is 0 Å². The summed E-state index contributed by atoms with van der Waals surface area (Å²) in [6, 6.07) is 0. The number of rotatable bonds is 28. The van der Waals surface area contributed by atoms with E-state index < -0.39 is 0 Å². The van der Waals surface area contributed by atoms with Crippen LogP contribution < -0.4 is 12.4 Å². The van der Waals surface area contributed by atoms with E-state index in [0.29, 0.717) is 6.42 Å². The van der Waals surface area contributed by atoms with Crippen molar-refractivity contribution in [3.8, 4) is 0 Å². The molecule has 218 valence electrons. The summed E-state index contributed by atoms with van der Waals surface area (Å²) in [7, 11) is 6.32. The summed E-state index contributed by atoms with van der Waals surface area (Å²) in [5.41, 5.74) is 0. The highest BCUT2D eigenvalue weighted by Gasteiger charge is 2.13. The van der Waals surface area contributed by atoms with E-state index in [1.807, 2.05) is 0 Å². The second-order valence-electron chi connectivity index (χ2n) is 11.8. The van der Waals surface area contributed by atoms with Gasteiger partial charge in [0.05, 0.1) is 34.3 Å². The third-order valence-electron chi connectivity index (χ3n) is 7.74. The van der Waals surface area contributed by atoms with Gasteiger partial charge in [0.1, 0.15) is 0 Å². The second-order valence-corrected chi connectivity index (χ2v) is 11.8. The van der Waals surface area contributed by atoms with E-state index in [-0.39, 0.29) is 18.4 Å². The van der Waals surface area contributed by atoms with Crippen molar-refractivity contribution in [2.24, 2.45) is 0 Å². The molecule has 0 aliphatic rings. The lowest BCUT2D eigenvalue weighted by Crippen LogP contribution is -3.00. The van der Waals surface area contributed by atoms with Gasteiger partial charge in [0, 0.05) is 6.42 Å². The summed E-state index contributed by atoms with van der Waals surface area (Å²) >= 11 is 0. The van der Waals surface area contributed by atoms with Crippen LogP contribution in [-0.4, -0.2) is 44.7 Å². The fourth-order valence-electron chi connectivity index (χ4n) is 5.17. The number of quaternary nitrogens is 1. The number of esters is 1. The molecule has 0 atom stereocenters. The van der Waals surface area contributed by atoms with Gasteiger partial charge in [-0.2, -0.15) is 0 Å². The Bertz CT molecular complexity index is 442. The molecule has 0 fully saturated rings. The van der Waals surface area contributed by atoms with Crippen molar-refractivity contribution >= 4 is 5.97 Å². The van der Waals surface area contributed by atoms with E-state index in [1.165, 1.54) is 172 Å². The maximum absolute atomic E-state index is 11.1. The first-order valence-electron chi connectivity index (χ1n) is 15.9. The highest BCUT2D eigenvalue weighted by molar-refractivity contribution is 5.68. The van der Waals surface area contributed by atoms with Crippen molar-refractivity contribution in [2.45, 2.75) is 167 Å². The van der Waals surface area contributed by atoms with Gasteiger partial charge in [0.25, 0.3) is 0 Å². The SMILES string of the molecule is CCCCCCCCCCCCCCCCCC[N+](C)(C)CCCCCCCCCCC(=O)OC.[Cl-]. The number of hydrogen-bond acceptors (Lipinski definition) is 2. The molecule has 0 unspecified atom stereocenters. The minimum atomic E-state index is -0.0645. The van der Waals surface area contributed by atoms with E-state index in [4.69, 9.17) is 0 Å². The molecular formula is C32H66ClNO2. The predicted molar refractivity (Wildman–Crippen MR) is 155 cm³/mol. The lowest BCUT2D eigenvalue weighted by atomic mass is 10.0. The molecule has 0 aliphatic heterocycles. The van der Waals surface area contributed by atoms with Crippen LogP contribution in [0.15, 0.2) is 0 Å². The van der Waals surface area contributed by atoms with Crippen LogP contribution in [0.5, 0.6) is 0 Å². The maximum Gasteiger partial charge on any atom is 0.305 e. The van der Waals surface area contributed by atoms with Gasteiger partial charge in [0.2, 0.25) is 0 Å². The van der Waals surface area contributed by atoms with Crippen molar-refractivity contribution < 1.29 is 26.4 Å². The van der Waals surface area contributed by atoms with Crippen molar-refractivity contribution in [1.82, 2.24) is 0 Å². The number of halogens is 1. The lowest BCUT2D eigenvalue weighted by molar-refractivity contribution is -0.890. The van der Waals surface area contributed by atoms with Gasteiger partial charge in [-0.3, -0.25) is 4.79 Å². The van der Waals surface area contributed by atoms with Crippen LogP contribution in [0, 0.1) is 0 Å². The van der Waals surface area contributed by atoms with Crippen molar-refractivity contribution in [1.29, 1.82) is 0 Å². The van der Waals surface area contributed by atoms with Crippen LogP contribution in [0.4, 0.5) is 0 Å². The maximum atomic E-state index is 11.1. The fourth-order valence-corrected chi connectivity index (χ4v) is 5.17. The summed E-state index contributed by atoms with van der Waals surface area (Å²) < 4.78 is 5.89. The van der Waals surface area contributed by atoms with Crippen molar-refractivity contribution in [2.75, 3.05) is 34.3 Å². The molecule has 0 saturated carbocycles. The molecule has 0 aromatic carbocycles. The number of ether oxygens (including phenoxy) is 1. The van der Waals surface area contributed by atoms with Gasteiger partial charge < -0.3 is 21.6 Å². The third-order valence-corrected chi connectivity index (χ3v) is 7.74. The van der Waals surface area contributed by atoms with Gasteiger partial charge in [-0.15, -0.1) is 0 Å². The molecule has 3 nitrogen and oxygen atoms in total. The predicted octanol–water partition coefficient (Wildman–Crippen LogP) is 7.01. The van der Waals surface area contributed by atoms with Gasteiger partial charge in [-0.25, -0.2) is 0 Å². The quantitative estimate of drug-likeness (QED) is 0.0616. The Kier molecular flexibility index (Phi) is 30.8.